The van der Waals surface area contributed by atoms with Gasteiger partial charge in [-0.25, -0.2) is 0 Å². The highest BCUT2D eigenvalue weighted by molar-refractivity contribution is 7.99. The summed E-state index contributed by atoms with van der Waals surface area (Å²) in [5, 5.41) is 10.8. The predicted octanol–water partition coefficient (Wildman–Crippen LogP) is 4.30. The quantitative estimate of drug-likeness (QED) is 0.859. The van der Waals surface area contributed by atoms with Crippen LogP contribution in [0.2, 0.25) is 0 Å². The highest BCUT2D eigenvalue weighted by atomic mass is 32.2. The molecule has 1 aromatic carbocycles. The van der Waals surface area contributed by atoms with E-state index in [0.29, 0.717) is 5.25 Å². The van der Waals surface area contributed by atoms with Crippen molar-refractivity contribution in [2.45, 2.75) is 56.8 Å². The van der Waals surface area contributed by atoms with Gasteiger partial charge in [-0.15, -0.1) is 0 Å². The molecule has 0 aliphatic carbocycles. The first kappa shape index (κ1) is 14.0. The van der Waals surface area contributed by atoms with Gasteiger partial charge in [0, 0.05) is 5.25 Å². The Hall–Kier alpha value is -0.470. The van der Waals surface area contributed by atoms with Gasteiger partial charge in [-0.3, -0.25) is 0 Å². The second-order valence-electron chi connectivity index (χ2n) is 6.22. The molecule has 1 fully saturated rings. The standard InChI is InChI=1S/C16H24OS/c1-16(2,3)13-9-7-12(8-10-13)15(17)14-6-4-5-11-18-14/h7-10,14-15,17H,4-6,11H2,1-3H3. The van der Waals surface area contributed by atoms with Crippen LogP contribution in [-0.2, 0) is 5.41 Å². The molecule has 0 radical (unpaired) electrons. The van der Waals surface area contributed by atoms with E-state index < -0.39 is 0 Å². The Morgan fingerprint density at radius 3 is 2.33 bits per heavy atom. The summed E-state index contributed by atoms with van der Waals surface area (Å²) in [6.45, 7) is 6.65. The number of hydrogen-bond donors (Lipinski definition) is 1. The molecule has 1 aromatic rings. The third-order valence-electron chi connectivity index (χ3n) is 3.69. The molecule has 2 rings (SSSR count). The van der Waals surface area contributed by atoms with Crippen LogP contribution in [0.25, 0.3) is 0 Å². The van der Waals surface area contributed by atoms with Crippen molar-refractivity contribution in [2.24, 2.45) is 0 Å². The lowest BCUT2D eigenvalue weighted by atomic mass is 9.86. The highest BCUT2D eigenvalue weighted by Crippen LogP contribution is 2.35. The number of hydrogen-bond acceptors (Lipinski definition) is 2. The maximum atomic E-state index is 10.4. The van der Waals surface area contributed by atoms with Gasteiger partial charge < -0.3 is 5.11 Å². The maximum absolute atomic E-state index is 10.4. The molecular weight excluding hydrogens is 240 g/mol. The van der Waals surface area contributed by atoms with E-state index >= 15 is 0 Å². The molecule has 1 heterocycles. The molecule has 1 saturated heterocycles. The minimum Gasteiger partial charge on any atom is -0.387 e. The molecule has 2 heteroatoms. The molecule has 0 bridgehead atoms. The van der Waals surface area contributed by atoms with Crippen molar-refractivity contribution in [1.82, 2.24) is 0 Å². The number of thioether (sulfide) groups is 1. The smallest absolute Gasteiger partial charge is 0.0908 e. The zero-order valence-corrected chi connectivity index (χ0v) is 12.5. The summed E-state index contributed by atoms with van der Waals surface area (Å²) in [4.78, 5) is 0. The Morgan fingerprint density at radius 1 is 1.17 bits per heavy atom. The summed E-state index contributed by atoms with van der Waals surface area (Å²) in [6.07, 6.45) is 3.41. The molecule has 18 heavy (non-hydrogen) atoms. The van der Waals surface area contributed by atoms with E-state index in [9.17, 15) is 5.11 Å². The molecule has 0 aromatic heterocycles. The van der Waals surface area contributed by atoms with Crippen LogP contribution in [0.4, 0.5) is 0 Å². The van der Waals surface area contributed by atoms with Crippen molar-refractivity contribution in [3.8, 4) is 0 Å². The lowest BCUT2D eigenvalue weighted by molar-refractivity contribution is 0.169. The second-order valence-corrected chi connectivity index (χ2v) is 7.57. The van der Waals surface area contributed by atoms with Crippen LogP contribution in [-0.4, -0.2) is 16.1 Å². The van der Waals surface area contributed by atoms with Gasteiger partial charge in [0.1, 0.15) is 0 Å². The first-order valence-corrected chi connectivity index (χ1v) is 7.93. The number of aliphatic hydroxyl groups excluding tert-OH is 1. The lowest BCUT2D eigenvalue weighted by Gasteiger charge is -2.27. The zero-order valence-electron chi connectivity index (χ0n) is 11.6. The first-order valence-electron chi connectivity index (χ1n) is 6.88. The summed E-state index contributed by atoms with van der Waals surface area (Å²) in [5.74, 6) is 1.20. The summed E-state index contributed by atoms with van der Waals surface area (Å²) in [7, 11) is 0. The SMILES string of the molecule is CC(C)(C)c1ccc(C(O)C2CCCCS2)cc1. The average Bonchev–Trinajstić information content (AvgIpc) is 2.38. The fourth-order valence-corrected chi connectivity index (χ4v) is 3.76. The van der Waals surface area contributed by atoms with Crippen LogP contribution in [0, 0.1) is 0 Å². The van der Waals surface area contributed by atoms with E-state index in [-0.39, 0.29) is 11.5 Å². The molecule has 1 aliphatic rings. The Kier molecular flexibility index (Phi) is 4.39. The van der Waals surface area contributed by atoms with Gasteiger partial charge in [-0.1, -0.05) is 51.5 Å². The minimum atomic E-state index is -0.302. The molecule has 0 spiro atoms. The molecule has 1 nitrogen and oxygen atoms in total. The fraction of sp³-hybridized carbons (Fsp3) is 0.625. The molecule has 1 N–H and O–H groups in total. The van der Waals surface area contributed by atoms with Gasteiger partial charge in [-0.2, -0.15) is 11.8 Å². The van der Waals surface area contributed by atoms with E-state index in [2.05, 4.69) is 45.0 Å². The summed E-state index contributed by atoms with van der Waals surface area (Å²) < 4.78 is 0. The van der Waals surface area contributed by atoms with Gasteiger partial charge in [0.2, 0.25) is 0 Å². The van der Waals surface area contributed by atoms with Crippen LogP contribution in [0.1, 0.15) is 57.3 Å². The van der Waals surface area contributed by atoms with Crippen molar-refractivity contribution in [1.29, 1.82) is 0 Å². The predicted molar refractivity (Wildman–Crippen MR) is 80.2 cm³/mol. The average molecular weight is 264 g/mol. The third-order valence-corrected chi connectivity index (χ3v) is 5.13. The van der Waals surface area contributed by atoms with E-state index in [1.54, 1.807) is 0 Å². The van der Waals surface area contributed by atoms with E-state index in [0.717, 1.165) is 12.0 Å². The normalized spacial score (nSPS) is 22.8. The Morgan fingerprint density at radius 2 is 1.83 bits per heavy atom. The third kappa shape index (κ3) is 3.30. The lowest BCUT2D eigenvalue weighted by Crippen LogP contribution is -2.19. The fourth-order valence-electron chi connectivity index (χ4n) is 2.41. The van der Waals surface area contributed by atoms with E-state index in [1.807, 2.05) is 11.8 Å². The molecule has 0 saturated carbocycles. The van der Waals surface area contributed by atoms with E-state index in [4.69, 9.17) is 0 Å². The summed E-state index contributed by atoms with van der Waals surface area (Å²) in [5.41, 5.74) is 2.58. The van der Waals surface area contributed by atoms with Gasteiger partial charge in [-0.05, 0) is 35.1 Å². The van der Waals surface area contributed by atoms with Crippen molar-refractivity contribution >= 4 is 11.8 Å². The molecule has 0 amide bonds. The van der Waals surface area contributed by atoms with Crippen LogP contribution in [0.15, 0.2) is 24.3 Å². The topological polar surface area (TPSA) is 20.2 Å². The van der Waals surface area contributed by atoms with Gasteiger partial charge >= 0.3 is 0 Å². The zero-order chi connectivity index (χ0) is 13.2. The van der Waals surface area contributed by atoms with Gasteiger partial charge in [0.15, 0.2) is 0 Å². The number of aliphatic hydroxyl groups is 1. The highest BCUT2D eigenvalue weighted by Gasteiger charge is 2.24. The monoisotopic (exact) mass is 264 g/mol. The Balaban J connectivity index is 2.09. The van der Waals surface area contributed by atoms with Crippen molar-refractivity contribution < 1.29 is 5.11 Å². The molecule has 2 unspecified atom stereocenters. The molecule has 2 atom stereocenters. The number of benzene rings is 1. The molecule has 1 aliphatic heterocycles. The largest absolute Gasteiger partial charge is 0.387 e. The summed E-state index contributed by atoms with van der Waals surface area (Å²) >= 11 is 1.93. The summed E-state index contributed by atoms with van der Waals surface area (Å²) in [6, 6.07) is 8.51. The van der Waals surface area contributed by atoms with Crippen LogP contribution >= 0.6 is 11.8 Å². The second kappa shape index (κ2) is 5.66. The van der Waals surface area contributed by atoms with Crippen molar-refractivity contribution in [3.63, 3.8) is 0 Å². The van der Waals surface area contributed by atoms with Crippen molar-refractivity contribution in [3.05, 3.63) is 35.4 Å². The van der Waals surface area contributed by atoms with Crippen LogP contribution in [0.5, 0.6) is 0 Å². The first-order chi connectivity index (χ1) is 8.48. The maximum Gasteiger partial charge on any atom is 0.0908 e. The number of rotatable bonds is 2. The minimum absolute atomic E-state index is 0.184. The molecular formula is C16H24OS. The van der Waals surface area contributed by atoms with Crippen molar-refractivity contribution in [2.75, 3.05) is 5.75 Å². The van der Waals surface area contributed by atoms with Gasteiger partial charge in [0.25, 0.3) is 0 Å². The molecule has 100 valence electrons. The van der Waals surface area contributed by atoms with Crippen LogP contribution < -0.4 is 0 Å². The Bertz CT molecular complexity index is 371. The van der Waals surface area contributed by atoms with E-state index in [1.165, 1.54) is 24.2 Å². The van der Waals surface area contributed by atoms with Gasteiger partial charge in [0.05, 0.1) is 6.10 Å². The van der Waals surface area contributed by atoms with Crippen LogP contribution in [0.3, 0.4) is 0 Å². The Labute approximate surface area is 115 Å².